The van der Waals surface area contributed by atoms with Gasteiger partial charge in [-0.2, -0.15) is 0 Å². The molecule has 0 atom stereocenters. The highest BCUT2D eigenvalue weighted by atomic mass is 16.5. The molecule has 0 fully saturated rings. The van der Waals surface area contributed by atoms with Crippen molar-refractivity contribution in [1.29, 1.82) is 0 Å². The van der Waals surface area contributed by atoms with Crippen LogP contribution in [0.1, 0.15) is 12.5 Å². The van der Waals surface area contributed by atoms with E-state index in [-0.39, 0.29) is 19.1 Å². The summed E-state index contributed by atoms with van der Waals surface area (Å²) in [5.74, 6) is 4.16. The fourth-order valence-electron chi connectivity index (χ4n) is 1.88. The molecule has 1 aromatic carbocycles. The molecule has 0 saturated carbocycles. The number of guanidine groups is 1. The van der Waals surface area contributed by atoms with Gasteiger partial charge >= 0.3 is 0 Å². The van der Waals surface area contributed by atoms with Crippen molar-refractivity contribution in [1.82, 2.24) is 15.5 Å². The van der Waals surface area contributed by atoms with Gasteiger partial charge in [-0.15, -0.1) is 6.42 Å². The van der Waals surface area contributed by atoms with E-state index >= 15 is 0 Å². The predicted molar refractivity (Wildman–Crippen MR) is 98.8 cm³/mol. The monoisotopic (exact) mass is 346 g/mol. The van der Waals surface area contributed by atoms with Gasteiger partial charge in [-0.1, -0.05) is 12.0 Å². The molecule has 0 radical (unpaired) electrons. The number of aliphatic imine (C=N–C) groups is 1. The molecule has 2 N–H and O–H groups in total. The molecule has 7 heteroatoms. The highest BCUT2D eigenvalue weighted by molar-refractivity contribution is 5.86. The second-order valence-electron chi connectivity index (χ2n) is 5.31. The van der Waals surface area contributed by atoms with Crippen LogP contribution in [0.2, 0.25) is 0 Å². The maximum atomic E-state index is 11.7. The maximum Gasteiger partial charge on any atom is 0.241 e. The van der Waals surface area contributed by atoms with Gasteiger partial charge in [-0.05, 0) is 24.6 Å². The quantitative estimate of drug-likeness (QED) is 0.415. The first kappa shape index (κ1) is 20.2. The molecule has 0 aliphatic heterocycles. The molecule has 0 saturated heterocycles. The van der Waals surface area contributed by atoms with E-state index in [1.54, 1.807) is 21.2 Å². The van der Waals surface area contributed by atoms with Crippen LogP contribution in [-0.2, 0) is 11.3 Å². The van der Waals surface area contributed by atoms with E-state index in [1.807, 2.05) is 25.1 Å². The van der Waals surface area contributed by atoms with Gasteiger partial charge < -0.3 is 25.0 Å². The molecule has 0 aliphatic rings. The van der Waals surface area contributed by atoms with Crippen LogP contribution in [0.25, 0.3) is 0 Å². The van der Waals surface area contributed by atoms with Gasteiger partial charge in [0.2, 0.25) is 5.91 Å². The minimum Gasteiger partial charge on any atom is -0.493 e. The standard InChI is InChI=1S/C18H26N4O3/c1-6-10-25-16-11-14(8-9-15(16)24-5)12-20-18(19-7-2)21-13-17(23)22(3)4/h1,8-9,11H,7,10,12-13H2,2-5H3,(H2,19,20,21). The van der Waals surface area contributed by atoms with Gasteiger partial charge in [0, 0.05) is 20.6 Å². The highest BCUT2D eigenvalue weighted by Crippen LogP contribution is 2.28. The first-order valence-electron chi connectivity index (χ1n) is 7.97. The fraction of sp³-hybridized carbons (Fsp3) is 0.444. The van der Waals surface area contributed by atoms with Crippen LogP contribution in [0.4, 0.5) is 0 Å². The van der Waals surface area contributed by atoms with Crippen LogP contribution in [0.5, 0.6) is 11.5 Å². The van der Waals surface area contributed by atoms with Gasteiger partial charge in [-0.25, -0.2) is 4.99 Å². The van der Waals surface area contributed by atoms with Gasteiger partial charge in [0.15, 0.2) is 17.5 Å². The average Bonchev–Trinajstić information content (AvgIpc) is 2.61. The van der Waals surface area contributed by atoms with Crippen LogP contribution < -0.4 is 20.1 Å². The lowest BCUT2D eigenvalue weighted by molar-refractivity contribution is -0.127. The molecular weight excluding hydrogens is 320 g/mol. The lowest BCUT2D eigenvalue weighted by Crippen LogP contribution is -2.42. The summed E-state index contributed by atoms with van der Waals surface area (Å²) in [6.45, 7) is 3.42. The largest absolute Gasteiger partial charge is 0.493 e. The smallest absolute Gasteiger partial charge is 0.241 e. The SMILES string of the molecule is C#CCOc1cc(CN=C(NCC)NCC(=O)N(C)C)ccc1OC. The Hall–Kier alpha value is -2.88. The number of amides is 1. The second kappa shape index (κ2) is 10.8. The molecule has 0 unspecified atom stereocenters. The fourth-order valence-corrected chi connectivity index (χ4v) is 1.88. The summed E-state index contributed by atoms with van der Waals surface area (Å²) in [5.41, 5.74) is 0.934. The van der Waals surface area contributed by atoms with Crippen LogP contribution in [0.15, 0.2) is 23.2 Å². The van der Waals surface area contributed by atoms with Crippen molar-refractivity contribution in [2.45, 2.75) is 13.5 Å². The first-order valence-corrected chi connectivity index (χ1v) is 7.97. The number of hydrogen-bond acceptors (Lipinski definition) is 4. The Balaban J connectivity index is 2.80. The van der Waals surface area contributed by atoms with E-state index in [0.717, 1.165) is 5.56 Å². The summed E-state index contributed by atoms with van der Waals surface area (Å²) in [6, 6.07) is 5.56. The molecule has 0 spiro atoms. The number of carbonyl (C=O) groups excluding carboxylic acids is 1. The van der Waals surface area contributed by atoms with Crippen molar-refractivity contribution in [3.05, 3.63) is 23.8 Å². The summed E-state index contributed by atoms with van der Waals surface area (Å²) < 4.78 is 10.7. The molecule has 1 amide bonds. The van der Waals surface area contributed by atoms with Gasteiger partial charge in [0.1, 0.15) is 6.61 Å². The van der Waals surface area contributed by atoms with Gasteiger partial charge in [0.05, 0.1) is 20.2 Å². The Bertz CT molecular complexity index is 636. The van der Waals surface area contributed by atoms with E-state index in [4.69, 9.17) is 15.9 Å². The molecule has 1 rings (SSSR count). The Morgan fingerprint density at radius 1 is 1.32 bits per heavy atom. The van der Waals surface area contributed by atoms with E-state index in [1.165, 1.54) is 4.90 Å². The lowest BCUT2D eigenvalue weighted by Gasteiger charge is -2.14. The average molecular weight is 346 g/mol. The number of rotatable bonds is 8. The number of nitrogens with one attached hydrogen (secondary N) is 2. The van der Waals surface area contributed by atoms with Crippen LogP contribution in [0, 0.1) is 12.3 Å². The Labute approximate surface area is 149 Å². The molecule has 1 aromatic rings. The van der Waals surface area contributed by atoms with Crippen molar-refractivity contribution < 1.29 is 14.3 Å². The zero-order chi connectivity index (χ0) is 18.7. The van der Waals surface area contributed by atoms with E-state index in [0.29, 0.717) is 30.5 Å². The molecule has 7 nitrogen and oxygen atoms in total. The topological polar surface area (TPSA) is 75.2 Å². The number of ether oxygens (including phenoxy) is 2. The molecule has 136 valence electrons. The normalized spacial score (nSPS) is 10.6. The maximum absolute atomic E-state index is 11.7. The van der Waals surface area contributed by atoms with Crippen LogP contribution >= 0.6 is 0 Å². The minimum absolute atomic E-state index is 0.0278. The van der Waals surface area contributed by atoms with E-state index in [9.17, 15) is 4.79 Å². The molecule has 0 aromatic heterocycles. The Morgan fingerprint density at radius 2 is 2.08 bits per heavy atom. The molecule has 0 aliphatic carbocycles. The van der Waals surface area contributed by atoms with Gasteiger partial charge in [0.25, 0.3) is 0 Å². The molecule has 25 heavy (non-hydrogen) atoms. The molecule has 0 bridgehead atoms. The van der Waals surface area contributed by atoms with Crippen LogP contribution in [0.3, 0.4) is 0 Å². The highest BCUT2D eigenvalue weighted by Gasteiger charge is 2.07. The Morgan fingerprint density at radius 3 is 2.68 bits per heavy atom. The van der Waals surface area contributed by atoms with Gasteiger partial charge in [-0.3, -0.25) is 4.79 Å². The molecule has 0 heterocycles. The predicted octanol–water partition coefficient (Wildman–Crippen LogP) is 0.851. The van der Waals surface area contributed by atoms with Crippen molar-refractivity contribution in [3.63, 3.8) is 0 Å². The summed E-state index contributed by atoms with van der Waals surface area (Å²) in [6.07, 6.45) is 5.23. The van der Waals surface area contributed by atoms with Crippen LogP contribution in [-0.4, -0.2) is 57.7 Å². The first-order chi connectivity index (χ1) is 12.0. The lowest BCUT2D eigenvalue weighted by atomic mass is 10.2. The minimum atomic E-state index is -0.0278. The number of benzene rings is 1. The third-order valence-electron chi connectivity index (χ3n) is 3.21. The number of terminal acetylenes is 1. The second-order valence-corrected chi connectivity index (χ2v) is 5.31. The number of carbonyl (C=O) groups is 1. The third-order valence-corrected chi connectivity index (χ3v) is 3.21. The third kappa shape index (κ3) is 7.04. The molecular formula is C18H26N4O3. The van der Waals surface area contributed by atoms with Crippen molar-refractivity contribution >= 4 is 11.9 Å². The summed E-state index contributed by atoms with van der Waals surface area (Å²) in [7, 11) is 5.00. The number of methoxy groups -OCH3 is 1. The zero-order valence-corrected chi connectivity index (χ0v) is 15.3. The number of likely N-dealkylation sites (N-methyl/N-ethyl adjacent to an activating group) is 1. The van der Waals surface area contributed by atoms with E-state index in [2.05, 4.69) is 21.5 Å². The summed E-state index contributed by atoms with van der Waals surface area (Å²) in [4.78, 5) is 17.7. The van der Waals surface area contributed by atoms with E-state index < -0.39 is 0 Å². The Kier molecular flexibility index (Phi) is 8.72. The zero-order valence-electron chi connectivity index (χ0n) is 15.3. The number of hydrogen-bond donors (Lipinski definition) is 2. The van der Waals surface area contributed by atoms with Crippen molar-refractivity contribution in [2.24, 2.45) is 4.99 Å². The van der Waals surface area contributed by atoms with Crippen molar-refractivity contribution in [3.8, 4) is 23.8 Å². The van der Waals surface area contributed by atoms with Crippen molar-refractivity contribution in [2.75, 3.05) is 40.9 Å². The summed E-state index contributed by atoms with van der Waals surface area (Å²) in [5, 5.41) is 6.11. The summed E-state index contributed by atoms with van der Waals surface area (Å²) >= 11 is 0. The number of nitrogens with zero attached hydrogens (tertiary/aromatic N) is 2.